The summed E-state index contributed by atoms with van der Waals surface area (Å²) in [4.78, 5) is 14.3. The number of nitrogens with zero attached hydrogens (tertiary/aromatic N) is 3. The second-order valence-electron chi connectivity index (χ2n) is 5.41. The summed E-state index contributed by atoms with van der Waals surface area (Å²) in [5, 5.41) is 13.5. The number of carbonyl (C=O) groups is 1. The molecular weight excluding hydrogens is 296 g/mol. The van der Waals surface area contributed by atoms with Crippen LogP contribution in [0.2, 0.25) is 0 Å². The maximum absolute atomic E-state index is 12.1. The van der Waals surface area contributed by atoms with Gasteiger partial charge < -0.3 is 5.32 Å². The SMILES string of the molecule is CC[C@@H]1C(=O)NCCCN1Cc1nnc(-c2ccccc2)s1. The van der Waals surface area contributed by atoms with Crippen LogP contribution in [-0.4, -0.2) is 40.1 Å². The monoisotopic (exact) mass is 316 g/mol. The Kier molecular flexibility index (Phi) is 4.80. The number of carbonyl (C=O) groups excluding carboxylic acids is 1. The fourth-order valence-corrected chi connectivity index (χ4v) is 3.63. The number of amides is 1. The molecule has 1 amide bonds. The van der Waals surface area contributed by atoms with Gasteiger partial charge in [-0.25, -0.2) is 0 Å². The van der Waals surface area contributed by atoms with Gasteiger partial charge in [0.15, 0.2) is 0 Å². The summed E-state index contributed by atoms with van der Waals surface area (Å²) in [6.07, 6.45) is 1.79. The summed E-state index contributed by atoms with van der Waals surface area (Å²) in [6.45, 7) is 4.42. The van der Waals surface area contributed by atoms with Crippen LogP contribution in [0.3, 0.4) is 0 Å². The van der Waals surface area contributed by atoms with Gasteiger partial charge in [0.05, 0.1) is 12.6 Å². The Bertz CT molecular complexity index is 628. The third-order valence-electron chi connectivity index (χ3n) is 3.88. The zero-order chi connectivity index (χ0) is 15.4. The van der Waals surface area contributed by atoms with Crippen LogP contribution in [0, 0.1) is 0 Å². The third kappa shape index (κ3) is 3.34. The predicted molar refractivity (Wildman–Crippen MR) is 87.5 cm³/mol. The van der Waals surface area contributed by atoms with Crippen LogP contribution in [-0.2, 0) is 11.3 Å². The lowest BCUT2D eigenvalue weighted by molar-refractivity contribution is -0.125. The van der Waals surface area contributed by atoms with E-state index in [1.54, 1.807) is 11.3 Å². The van der Waals surface area contributed by atoms with Gasteiger partial charge in [-0.05, 0) is 12.8 Å². The number of aromatic nitrogens is 2. The first kappa shape index (κ1) is 15.1. The Morgan fingerprint density at radius 2 is 2.14 bits per heavy atom. The summed E-state index contributed by atoms with van der Waals surface area (Å²) in [6, 6.07) is 10.0. The summed E-state index contributed by atoms with van der Waals surface area (Å²) in [7, 11) is 0. The second kappa shape index (κ2) is 6.98. The molecule has 1 aliphatic rings. The normalized spacial score (nSPS) is 19.7. The van der Waals surface area contributed by atoms with E-state index in [4.69, 9.17) is 0 Å². The number of rotatable bonds is 4. The average Bonchev–Trinajstić information content (AvgIpc) is 2.93. The van der Waals surface area contributed by atoms with Crippen molar-refractivity contribution in [2.24, 2.45) is 0 Å². The molecule has 0 aliphatic carbocycles. The topological polar surface area (TPSA) is 58.1 Å². The van der Waals surface area contributed by atoms with Crippen molar-refractivity contribution >= 4 is 17.2 Å². The predicted octanol–water partition coefficient (Wildman–Crippen LogP) is 2.31. The first-order chi connectivity index (χ1) is 10.8. The molecule has 1 fully saturated rings. The van der Waals surface area contributed by atoms with Crippen LogP contribution in [0.5, 0.6) is 0 Å². The first-order valence-electron chi connectivity index (χ1n) is 7.67. The minimum absolute atomic E-state index is 0.0634. The van der Waals surface area contributed by atoms with E-state index in [0.29, 0.717) is 6.54 Å². The standard InChI is InChI=1S/C16H20N4OS/c1-2-13-15(21)17-9-6-10-20(13)11-14-18-19-16(22-14)12-7-4-3-5-8-12/h3-5,7-8,13H,2,6,9-11H2,1H3,(H,17,21)/t13-/m1/s1. The van der Waals surface area contributed by atoms with Gasteiger partial charge in [0.1, 0.15) is 10.0 Å². The van der Waals surface area contributed by atoms with Crippen molar-refractivity contribution in [2.75, 3.05) is 13.1 Å². The average molecular weight is 316 g/mol. The lowest BCUT2D eigenvalue weighted by Crippen LogP contribution is -2.43. The van der Waals surface area contributed by atoms with Crippen LogP contribution in [0.4, 0.5) is 0 Å². The largest absolute Gasteiger partial charge is 0.355 e. The molecule has 2 heterocycles. The Morgan fingerprint density at radius 3 is 2.91 bits per heavy atom. The number of hydrogen-bond acceptors (Lipinski definition) is 5. The molecule has 1 N–H and O–H groups in total. The molecule has 0 radical (unpaired) electrons. The quantitative estimate of drug-likeness (QED) is 0.940. The highest BCUT2D eigenvalue weighted by atomic mass is 32.1. The molecular formula is C16H20N4OS. The van der Waals surface area contributed by atoms with E-state index in [0.717, 1.165) is 41.5 Å². The van der Waals surface area contributed by atoms with Crippen molar-refractivity contribution < 1.29 is 4.79 Å². The van der Waals surface area contributed by atoms with E-state index >= 15 is 0 Å². The summed E-state index contributed by atoms with van der Waals surface area (Å²) in [5.74, 6) is 0.132. The van der Waals surface area contributed by atoms with Crippen LogP contribution in [0.25, 0.3) is 10.6 Å². The van der Waals surface area contributed by atoms with E-state index in [1.807, 2.05) is 30.3 Å². The van der Waals surface area contributed by atoms with Gasteiger partial charge in [0, 0.05) is 18.7 Å². The zero-order valence-corrected chi connectivity index (χ0v) is 13.5. The molecule has 1 atom stereocenters. The van der Waals surface area contributed by atoms with E-state index in [-0.39, 0.29) is 11.9 Å². The highest BCUT2D eigenvalue weighted by Crippen LogP contribution is 2.24. The highest BCUT2D eigenvalue weighted by molar-refractivity contribution is 7.14. The van der Waals surface area contributed by atoms with Gasteiger partial charge >= 0.3 is 0 Å². The Labute approximate surface area is 134 Å². The third-order valence-corrected chi connectivity index (χ3v) is 4.83. The molecule has 1 aromatic carbocycles. The molecule has 0 saturated carbocycles. The summed E-state index contributed by atoms with van der Waals surface area (Å²) in [5.41, 5.74) is 1.09. The van der Waals surface area contributed by atoms with Gasteiger partial charge in [-0.1, -0.05) is 48.6 Å². The Balaban J connectivity index is 1.75. The Morgan fingerprint density at radius 1 is 1.32 bits per heavy atom. The molecule has 116 valence electrons. The fraction of sp³-hybridized carbons (Fsp3) is 0.438. The zero-order valence-electron chi connectivity index (χ0n) is 12.7. The molecule has 3 rings (SSSR count). The molecule has 0 spiro atoms. The van der Waals surface area contributed by atoms with Crippen LogP contribution in [0.1, 0.15) is 24.8 Å². The molecule has 0 unspecified atom stereocenters. The molecule has 22 heavy (non-hydrogen) atoms. The first-order valence-corrected chi connectivity index (χ1v) is 8.49. The smallest absolute Gasteiger partial charge is 0.237 e. The van der Waals surface area contributed by atoms with E-state index in [9.17, 15) is 4.79 Å². The molecule has 5 nitrogen and oxygen atoms in total. The molecule has 6 heteroatoms. The highest BCUT2D eigenvalue weighted by Gasteiger charge is 2.27. The summed E-state index contributed by atoms with van der Waals surface area (Å²) < 4.78 is 0. The molecule has 2 aromatic rings. The molecule has 1 saturated heterocycles. The lowest BCUT2D eigenvalue weighted by atomic mass is 10.2. The van der Waals surface area contributed by atoms with Gasteiger partial charge in [0.2, 0.25) is 5.91 Å². The number of benzene rings is 1. The summed E-state index contributed by atoms with van der Waals surface area (Å²) >= 11 is 1.60. The van der Waals surface area contributed by atoms with Gasteiger partial charge in [-0.15, -0.1) is 10.2 Å². The fourth-order valence-electron chi connectivity index (χ4n) is 2.75. The second-order valence-corrected chi connectivity index (χ2v) is 6.47. The van der Waals surface area contributed by atoms with E-state index < -0.39 is 0 Å². The van der Waals surface area contributed by atoms with Gasteiger partial charge in [-0.2, -0.15) is 0 Å². The minimum atomic E-state index is -0.0634. The van der Waals surface area contributed by atoms with Crippen molar-refractivity contribution in [1.82, 2.24) is 20.4 Å². The minimum Gasteiger partial charge on any atom is -0.355 e. The maximum atomic E-state index is 12.1. The van der Waals surface area contributed by atoms with Gasteiger partial charge in [0.25, 0.3) is 0 Å². The van der Waals surface area contributed by atoms with Crippen molar-refractivity contribution in [3.8, 4) is 10.6 Å². The van der Waals surface area contributed by atoms with Crippen LogP contribution < -0.4 is 5.32 Å². The number of nitrogens with one attached hydrogen (secondary N) is 1. The van der Waals surface area contributed by atoms with Gasteiger partial charge in [-0.3, -0.25) is 9.69 Å². The molecule has 0 bridgehead atoms. The van der Waals surface area contributed by atoms with Crippen molar-refractivity contribution in [3.05, 3.63) is 35.3 Å². The van der Waals surface area contributed by atoms with Crippen molar-refractivity contribution in [2.45, 2.75) is 32.4 Å². The Hall–Kier alpha value is -1.79. The number of hydrogen-bond donors (Lipinski definition) is 1. The van der Waals surface area contributed by atoms with E-state index in [2.05, 4.69) is 27.3 Å². The molecule has 1 aromatic heterocycles. The maximum Gasteiger partial charge on any atom is 0.237 e. The van der Waals surface area contributed by atoms with Crippen molar-refractivity contribution in [1.29, 1.82) is 0 Å². The van der Waals surface area contributed by atoms with Crippen molar-refractivity contribution in [3.63, 3.8) is 0 Å². The van der Waals surface area contributed by atoms with Crippen LogP contribution in [0.15, 0.2) is 30.3 Å². The van der Waals surface area contributed by atoms with E-state index in [1.165, 1.54) is 0 Å². The van der Waals surface area contributed by atoms with Crippen LogP contribution >= 0.6 is 11.3 Å². The molecule has 1 aliphatic heterocycles. The lowest BCUT2D eigenvalue weighted by Gasteiger charge is -2.25.